The normalized spacial score (nSPS) is 22.1. The molecule has 2 aromatic carbocycles. The summed E-state index contributed by atoms with van der Waals surface area (Å²) in [4.78, 5) is 51.2. The van der Waals surface area contributed by atoms with Crippen molar-refractivity contribution < 1.29 is 24.0 Å². The Morgan fingerprint density at radius 3 is 2.65 bits per heavy atom. The first-order valence-electron chi connectivity index (χ1n) is 9.22. The van der Waals surface area contributed by atoms with Gasteiger partial charge in [0.25, 0.3) is 11.6 Å². The highest BCUT2D eigenvalue weighted by atomic mass is 79.9. The number of nitro benzene ring substituents is 1. The van der Waals surface area contributed by atoms with Gasteiger partial charge in [0.1, 0.15) is 5.92 Å². The lowest BCUT2D eigenvalue weighted by Gasteiger charge is -2.26. The predicted octanol–water partition coefficient (Wildman–Crippen LogP) is 2.26. The van der Waals surface area contributed by atoms with E-state index in [4.69, 9.17) is 4.74 Å². The fraction of sp³-hybridized carbons (Fsp3) is 0.200. The van der Waals surface area contributed by atoms with E-state index in [-0.39, 0.29) is 23.6 Å². The van der Waals surface area contributed by atoms with Crippen LogP contribution in [0.4, 0.5) is 11.4 Å². The molecule has 31 heavy (non-hydrogen) atoms. The van der Waals surface area contributed by atoms with E-state index in [0.29, 0.717) is 5.69 Å². The molecule has 0 unspecified atom stereocenters. The highest BCUT2D eigenvalue weighted by Crippen LogP contribution is 2.45. The molecule has 0 aliphatic carbocycles. The lowest BCUT2D eigenvalue weighted by Crippen LogP contribution is -2.48. The lowest BCUT2D eigenvalue weighted by atomic mass is 9.78. The van der Waals surface area contributed by atoms with Crippen LogP contribution in [0.3, 0.4) is 0 Å². The topological polar surface area (TPSA) is 131 Å². The Kier molecular flexibility index (Phi) is 5.05. The Bertz CT molecular complexity index is 1150. The quantitative estimate of drug-likeness (QED) is 0.296. The second kappa shape index (κ2) is 7.58. The molecule has 0 spiro atoms. The molecule has 10 nitrogen and oxygen atoms in total. The number of hydrogen-bond acceptors (Lipinski definition) is 8. The summed E-state index contributed by atoms with van der Waals surface area (Å²) in [6.45, 7) is 1.65. The summed E-state index contributed by atoms with van der Waals surface area (Å²) in [5.41, 5.74) is 0.749. The van der Waals surface area contributed by atoms with Crippen molar-refractivity contribution in [1.29, 1.82) is 0 Å². The molecule has 1 N–H and O–H groups in total. The van der Waals surface area contributed by atoms with Crippen LogP contribution >= 0.6 is 15.9 Å². The van der Waals surface area contributed by atoms with Crippen LogP contribution in [0.5, 0.6) is 0 Å². The van der Waals surface area contributed by atoms with Gasteiger partial charge in [0.15, 0.2) is 11.3 Å². The maximum Gasteiger partial charge on any atom is 0.355 e. The van der Waals surface area contributed by atoms with E-state index < -0.39 is 34.2 Å². The molecule has 2 aliphatic rings. The van der Waals surface area contributed by atoms with Crippen LogP contribution in [0, 0.1) is 16.0 Å². The van der Waals surface area contributed by atoms with Crippen LogP contribution in [-0.2, 0) is 24.7 Å². The summed E-state index contributed by atoms with van der Waals surface area (Å²) in [5, 5.41) is 15.2. The molecule has 11 heteroatoms. The van der Waals surface area contributed by atoms with E-state index in [1.54, 1.807) is 31.2 Å². The Balaban J connectivity index is 1.89. The van der Waals surface area contributed by atoms with Crippen LogP contribution in [0.1, 0.15) is 12.5 Å². The molecular weight excluding hydrogens is 472 g/mol. The third-order valence-corrected chi connectivity index (χ3v) is 5.68. The predicted molar refractivity (Wildman–Crippen MR) is 112 cm³/mol. The molecule has 0 bridgehead atoms. The van der Waals surface area contributed by atoms with Crippen molar-refractivity contribution in [3.05, 3.63) is 68.7 Å². The number of non-ortho nitro benzene ring substituents is 1. The molecule has 2 aromatic rings. The van der Waals surface area contributed by atoms with Crippen LogP contribution in [0.15, 0.2) is 58.1 Å². The van der Waals surface area contributed by atoms with Gasteiger partial charge in [-0.15, -0.1) is 0 Å². The second-order valence-electron chi connectivity index (χ2n) is 6.83. The van der Waals surface area contributed by atoms with Crippen LogP contribution in [0.2, 0.25) is 0 Å². The van der Waals surface area contributed by atoms with Gasteiger partial charge >= 0.3 is 5.97 Å². The van der Waals surface area contributed by atoms with Crippen LogP contribution in [-0.4, -0.2) is 35.0 Å². The van der Waals surface area contributed by atoms with Crippen LogP contribution < -0.4 is 10.3 Å². The second-order valence-corrected chi connectivity index (χ2v) is 7.75. The summed E-state index contributed by atoms with van der Waals surface area (Å²) in [5.74, 6) is -3.57. The largest absolute Gasteiger partial charge is 0.461 e. The number of hydrogen-bond donors (Lipinski definition) is 1. The Morgan fingerprint density at radius 1 is 1.29 bits per heavy atom. The fourth-order valence-electron chi connectivity index (χ4n) is 3.78. The molecule has 0 radical (unpaired) electrons. The maximum absolute atomic E-state index is 13.6. The molecule has 2 atom stereocenters. The summed E-state index contributed by atoms with van der Waals surface area (Å²) in [6, 6.07) is 11.8. The molecule has 2 aliphatic heterocycles. The van der Waals surface area contributed by atoms with E-state index in [2.05, 4.69) is 26.5 Å². The number of amides is 2. The summed E-state index contributed by atoms with van der Waals surface area (Å²) >= 11 is 3.30. The minimum absolute atomic E-state index is 0.0486. The standard InChI is InChI=1S/C20H15BrN4O6/c1-2-31-18(27)16-15-17(26)24(13-8-6-12(21)7-9-13)19(28)20(15,23-22-16)11-4-3-5-14(10-11)25(29)30/h3-10,15,23H,2H2,1H3/t15-,20-/m0/s1. The molecule has 4 rings (SSSR count). The van der Waals surface area contributed by atoms with Crippen molar-refractivity contribution in [2.24, 2.45) is 11.0 Å². The minimum atomic E-state index is -1.81. The molecule has 2 amide bonds. The van der Waals surface area contributed by atoms with Crippen molar-refractivity contribution in [3.63, 3.8) is 0 Å². The van der Waals surface area contributed by atoms with E-state index >= 15 is 0 Å². The average molecular weight is 487 g/mol. The highest BCUT2D eigenvalue weighted by Gasteiger charge is 2.67. The van der Waals surface area contributed by atoms with Gasteiger partial charge in [-0.3, -0.25) is 25.1 Å². The number of nitro groups is 1. The fourth-order valence-corrected chi connectivity index (χ4v) is 4.05. The van der Waals surface area contributed by atoms with Gasteiger partial charge in [0, 0.05) is 16.6 Å². The van der Waals surface area contributed by atoms with E-state index in [0.717, 1.165) is 9.37 Å². The number of esters is 1. The van der Waals surface area contributed by atoms with Gasteiger partial charge in [0.05, 0.1) is 17.2 Å². The SMILES string of the molecule is CCOC(=O)C1=NN[C@]2(c3cccc([N+](=O)[O-])c3)C(=O)N(c3ccc(Br)cc3)C(=O)[C@H]12. The number of fused-ring (bicyclic) bond motifs is 1. The molecule has 2 heterocycles. The van der Waals surface area contributed by atoms with Gasteiger partial charge in [-0.1, -0.05) is 28.1 Å². The van der Waals surface area contributed by atoms with Crippen molar-refractivity contribution >= 4 is 50.8 Å². The van der Waals surface area contributed by atoms with Crippen molar-refractivity contribution in [2.75, 3.05) is 11.5 Å². The van der Waals surface area contributed by atoms with Crippen molar-refractivity contribution in [3.8, 4) is 0 Å². The first-order chi connectivity index (χ1) is 14.8. The van der Waals surface area contributed by atoms with E-state index in [1.807, 2.05) is 0 Å². The molecular formula is C20H15BrN4O6. The lowest BCUT2D eigenvalue weighted by molar-refractivity contribution is -0.385. The third kappa shape index (κ3) is 3.08. The average Bonchev–Trinajstić information content (AvgIpc) is 3.25. The molecule has 1 fully saturated rings. The number of carbonyl (C=O) groups is 3. The Labute approximate surface area is 184 Å². The van der Waals surface area contributed by atoms with Gasteiger partial charge in [-0.2, -0.15) is 5.10 Å². The number of ether oxygens (including phenoxy) is 1. The zero-order chi connectivity index (χ0) is 22.3. The zero-order valence-electron chi connectivity index (χ0n) is 16.1. The maximum atomic E-state index is 13.6. The van der Waals surface area contributed by atoms with Gasteiger partial charge in [-0.05, 0) is 36.8 Å². The number of hydrazone groups is 1. The minimum Gasteiger partial charge on any atom is -0.461 e. The number of imide groups is 1. The summed E-state index contributed by atoms with van der Waals surface area (Å²) < 4.78 is 5.76. The van der Waals surface area contributed by atoms with Crippen molar-refractivity contribution in [1.82, 2.24) is 5.43 Å². The van der Waals surface area contributed by atoms with Gasteiger partial charge in [-0.25, -0.2) is 9.69 Å². The molecule has 0 saturated carbocycles. The smallest absolute Gasteiger partial charge is 0.355 e. The monoisotopic (exact) mass is 486 g/mol. The summed E-state index contributed by atoms with van der Waals surface area (Å²) in [7, 11) is 0. The first-order valence-corrected chi connectivity index (χ1v) is 10.0. The Morgan fingerprint density at radius 2 is 2.00 bits per heavy atom. The number of nitrogens with one attached hydrogen (secondary N) is 1. The van der Waals surface area contributed by atoms with E-state index in [1.165, 1.54) is 24.3 Å². The molecule has 1 saturated heterocycles. The number of halogens is 1. The highest BCUT2D eigenvalue weighted by molar-refractivity contribution is 9.10. The van der Waals surface area contributed by atoms with E-state index in [9.17, 15) is 24.5 Å². The van der Waals surface area contributed by atoms with Crippen LogP contribution in [0.25, 0.3) is 0 Å². The molecule has 158 valence electrons. The molecule has 0 aromatic heterocycles. The number of anilines is 1. The zero-order valence-corrected chi connectivity index (χ0v) is 17.7. The van der Waals surface area contributed by atoms with Gasteiger partial charge in [0.2, 0.25) is 5.91 Å². The summed E-state index contributed by atoms with van der Waals surface area (Å²) in [6.07, 6.45) is 0. The number of rotatable bonds is 5. The number of benzene rings is 2. The van der Waals surface area contributed by atoms with Crippen molar-refractivity contribution in [2.45, 2.75) is 12.5 Å². The third-order valence-electron chi connectivity index (χ3n) is 5.15. The Hall–Kier alpha value is -3.60. The van der Waals surface area contributed by atoms with Gasteiger partial charge < -0.3 is 4.74 Å². The number of nitrogens with zero attached hydrogens (tertiary/aromatic N) is 3. The number of carbonyl (C=O) groups excluding carboxylic acids is 3. The first kappa shape index (κ1) is 20.7.